The van der Waals surface area contributed by atoms with Crippen molar-refractivity contribution in [3.63, 3.8) is 0 Å². The van der Waals surface area contributed by atoms with Crippen molar-refractivity contribution in [1.29, 1.82) is 0 Å². The summed E-state index contributed by atoms with van der Waals surface area (Å²) in [7, 11) is 1.45. The van der Waals surface area contributed by atoms with E-state index < -0.39 is 17.8 Å². The number of hydrazone groups is 1. The summed E-state index contributed by atoms with van der Waals surface area (Å²) >= 11 is 12.9. The van der Waals surface area contributed by atoms with E-state index in [-0.39, 0.29) is 16.9 Å². The molecule has 0 saturated heterocycles. The Morgan fingerprint density at radius 3 is 2.39 bits per heavy atom. The number of carbonyl (C=O) groups is 3. The Labute approximate surface area is 258 Å². The lowest BCUT2D eigenvalue weighted by atomic mass is 10.1. The van der Waals surface area contributed by atoms with E-state index in [1.54, 1.807) is 54.6 Å². The maximum atomic E-state index is 12.8. The van der Waals surface area contributed by atoms with E-state index in [0.717, 1.165) is 5.56 Å². The number of methoxy groups -OCH3 is 1. The molecule has 0 saturated carbocycles. The molecule has 8 nitrogen and oxygen atoms in total. The second-order valence-electron chi connectivity index (χ2n) is 8.64. The number of anilines is 1. The summed E-state index contributed by atoms with van der Waals surface area (Å²) in [6.07, 6.45) is 1.36. The quantitative estimate of drug-likeness (QED) is 0.0863. The van der Waals surface area contributed by atoms with Crippen LogP contribution in [0.25, 0.3) is 0 Å². The molecule has 0 aliphatic heterocycles. The van der Waals surface area contributed by atoms with Gasteiger partial charge in [0.25, 0.3) is 11.8 Å². The van der Waals surface area contributed by atoms with Gasteiger partial charge in [0.2, 0.25) is 0 Å². The van der Waals surface area contributed by atoms with Gasteiger partial charge in [-0.15, -0.1) is 0 Å². The second-order valence-corrected chi connectivity index (χ2v) is 10.8. The number of nitrogens with one attached hydrogen (secondary N) is 2. The molecule has 4 aromatic rings. The number of aryl methyl sites for hydroxylation is 1. The number of nitrogens with zero attached hydrogens (tertiary/aromatic N) is 1. The predicted molar refractivity (Wildman–Crippen MR) is 165 cm³/mol. The first kappa shape index (κ1) is 30.0. The summed E-state index contributed by atoms with van der Waals surface area (Å²) in [6, 6.07) is 21.5. The van der Waals surface area contributed by atoms with Crippen LogP contribution in [0.5, 0.6) is 11.5 Å². The summed E-state index contributed by atoms with van der Waals surface area (Å²) in [5.74, 6) is -0.921. The van der Waals surface area contributed by atoms with Crippen molar-refractivity contribution in [2.45, 2.75) is 6.92 Å². The molecule has 4 rings (SSSR count). The highest BCUT2D eigenvalue weighted by atomic mass is 79.9. The number of rotatable bonds is 8. The highest BCUT2D eigenvalue weighted by Crippen LogP contribution is 2.33. The molecule has 0 radical (unpaired) electrons. The van der Waals surface area contributed by atoms with E-state index in [2.05, 4.69) is 47.7 Å². The lowest BCUT2D eigenvalue weighted by Gasteiger charge is -2.11. The van der Waals surface area contributed by atoms with E-state index in [9.17, 15) is 14.4 Å². The summed E-state index contributed by atoms with van der Waals surface area (Å²) in [6.45, 7) is 1.92. The molecule has 0 aromatic heterocycles. The van der Waals surface area contributed by atoms with Gasteiger partial charge >= 0.3 is 5.97 Å². The van der Waals surface area contributed by atoms with Crippen molar-refractivity contribution in [2.75, 3.05) is 12.4 Å². The van der Waals surface area contributed by atoms with Gasteiger partial charge in [-0.05, 0) is 83.5 Å². The molecule has 208 valence electrons. The molecule has 0 atom stereocenters. The Morgan fingerprint density at radius 2 is 1.66 bits per heavy atom. The predicted octanol–water partition coefficient (Wildman–Crippen LogP) is 7.42. The standard InChI is InChI=1S/C30H22Br2ClN3O5/c1-17-6-8-18(9-7-17)30(39)41-27-20(12-21(31)14-25(27)32)16-34-36-28(37)19-4-3-5-23(13-19)35-29(38)24-15-22(33)10-11-26(24)40-2/h3-16H,1-2H3,(H,35,38)(H,36,37). The minimum Gasteiger partial charge on any atom is -0.496 e. The third-order valence-corrected chi connectivity index (χ3v) is 6.96. The normalized spacial score (nSPS) is 10.8. The van der Waals surface area contributed by atoms with Gasteiger partial charge < -0.3 is 14.8 Å². The Hall–Kier alpha value is -3.99. The van der Waals surface area contributed by atoms with Crippen LogP contribution < -0.4 is 20.2 Å². The Kier molecular flexibility index (Phi) is 9.93. The molecule has 0 fully saturated rings. The molecule has 0 unspecified atom stereocenters. The fraction of sp³-hybridized carbons (Fsp3) is 0.0667. The van der Waals surface area contributed by atoms with Crippen molar-refractivity contribution in [1.82, 2.24) is 5.43 Å². The molecular weight excluding hydrogens is 678 g/mol. The molecule has 2 amide bonds. The fourth-order valence-electron chi connectivity index (χ4n) is 3.64. The lowest BCUT2D eigenvalue weighted by Crippen LogP contribution is -2.19. The Bertz CT molecular complexity index is 1660. The minimum absolute atomic E-state index is 0.234. The van der Waals surface area contributed by atoms with E-state index in [0.29, 0.717) is 36.5 Å². The number of ether oxygens (including phenoxy) is 2. The van der Waals surface area contributed by atoms with E-state index in [1.165, 1.54) is 25.5 Å². The first-order valence-corrected chi connectivity index (χ1v) is 14.0. The van der Waals surface area contributed by atoms with E-state index in [1.807, 2.05) is 19.1 Å². The Morgan fingerprint density at radius 1 is 0.902 bits per heavy atom. The van der Waals surface area contributed by atoms with Crippen LogP contribution in [-0.4, -0.2) is 31.1 Å². The zero-order valence-corrected chi connectivity index (χ0v) is 25.6. The van der Waals surface area contributed by atoms with Crippen LogP contribution in [0.1, 0.15) is 42.2 Å². The van der Waals surface area contributed by atoms with Gasteiger partial charge in [0.15, 0.2) is 5.75 Å². The number of carbonyl (C=O) groups excluding carboxylic acids is 3. The van der Waals surface area contributed by atoms with Gasteiger partial charge in [-0.3, -0.25) is 9.59 Å². The van der Waals surface area contributed by atoms with E-state index >= 15 is 0 Å². The van der Waals surface area contributed by atoms with Crippen LogP contribution in [-0.2, 0) is 0 Å². The highest BCUT2D eigenvalue weighted by Gasteiger charge is 2.16. The van der Waals surface area contributed by atoms with Gasteiger partial charge in [-0.25, -0.2) is 10.2 Å². The largest absolute Gasteiger partial charge is 0.496 e. The van der Waals surface area contributed by atoms with Crippen molar-refractivity contribution < 1.29 is 23.9 Å². The minimum atomic E-state index is -0.541. The van der Waals surface area contributed by atoms with Crippen molar-refractivity contribution in [2.24, 2.45) is 5.10 Å². The van der Waals surface area contributed by atoms with Gasteiger partial charge in [-0.1, -0.05) is 51.3 Å². The van der Waals surface area contributed by atoms with Gasteiger partial charge in [0, 0.05) is 26.3 Å². The first-order valence-electron chi connectivity index (χ1n) is 12.0. The third-order valence-electron chi connectivity index (χ3n) is 5.68. The summed E-state index contributed by atoms with van der Waals surface area (Å²) < 4.78 is 12.1. The highest BCUT2D eigenvalue weighted by molar-refractivity contribution is 9.11. The smallest absolute Gasteiger partial charge is 0.343 e. The topological polar surface area (TPSA) is 106 Å². The number of benzene rings is 4. The van der Waals surface area contributed by atoms with Crippen molar-refractivity contribution >= 4 is 73.1 Å². The first-order chi connectivity index (χ1) is 19.6. The molecule has 2 N–H and O–H groups in total. The van der Waals surface area contributed by atoms with Crippen molar-refractivity contribution in [3.8, 4) is 11.5 Å². The summed E-state index contributed by atoms with van der Waals surface area (Å²) in [4.78, 5) is 38.3. The van der Waals surface area contributed by atoms with Crippen molar-refractivity contribution in [3.05, 3.63) is 121 Å². The maximum Gasteiger partial charge on any atom is 0.343 e. The van der Waals surface area contributed by atoms with Crippen LogP contribution in [0.4, 0.5) is 5.69 Å². The molecule has 0 spiro atoms. The van der Waals surface area contributed by atoms with Crippen LogP contribution in [0, 0.1) is 6.92 Å². The lowest BCUT2D eigenvalue weighted by molar-refractivity contribution is 0.0732. The third kappa shape index (κ3) is 7.81. The van der Waals surface area contributed by atoms with Gasteiger partial charge in [0.05, 0.1) is 28.9 Å². The SMILES string of the molecule is COc1ccc(Cl)cc1C(=O)Nc1cccc(C(=O)NN=Cc2cc(Br)cc(Br)c2OC(=O)c2ccc(C)cc2)c1. The molecule has 4 aromatic carbocycles. The number of hydrogen-bond acceptors (Lipinski definition) is 6. The number of esters is 1. The molecule has 0 aliphatic carbocycles. The Balaban J connectivity index is 1.47. The molecule has 0 bridgehead atoms. The summed E-state index contributed by atoms with van der Waals surface area (Å²) in [5.41, 5.74) is 5.18. The second kappa shape index (κ2) is 13.6. The summed E-state index contributed by atoms with van der Waals surface area (Å²) in [5, 5.41) is 7.17. The van der Waals surface area contributed by atoms with Crippen LogP contribution in [0.15, 0.2) is 92.9 Å². The molecule has 0 aliphatic rings. The molecular formula is C30H22Br2ClN3O5. The molecule has 41 heavy (non-hydrogen) atoms. The zero-order chi connectivity index (χ0) is 29.5. The molecule has 0 heterocycles. The van der Waals surface area contributed by atoms with Gasteiger partial charge in [-0.2, -0.15) is 5.10 Å². The molecule has 11 heteroatoms. The van der Waals surface area contributed by atoms with Crippen LogP contribution in [0.3, 0.4) is 0 Å². The zero-order valence-electron chi connectivity index (χ0n) is 21.7. The fourth-order valence-corrected chi connectivity index (χ4v) is 5.16. The van der Waals surface area contributed by atoms with Gasteiger partial charge in [0.1, 0.15) is 5.75 Å². The van der Waals surface area contributed by atoms with Crippen LogP contribution >= 0.6 is 43.5 Å². The van der Waals surface area contributed by atoms with E-state index in [4.69, 9.17) is 21.1 Å². The average molecular weight is 700 g/mol. The number of halogens is 3. The number of amides is 2. The number of hydrogen-bond donors (Lipinski definition) is 2. The average Bonchev–Trinajstić information content (AvgIpc) is 2.95. The maximum absolute atomic E-state index is 12.8. The van der Waals surface area contributed by atoms with Crippen LogP contribution in [0.2, 0.25) is 5.02 Å². The monoisotopic (exact) mass is 697 g/mol.